The molecular weight excluding hydrogens is 589 g/mol. The third-order valence-corrected chi connectivity index (χ3v) is 6.67. The monoisotopic (exact) mass is 619 g/mol. The Kier molecular flexibility index (Phi) is 10.1. The number of aryl methyl sites for hydroxylation is 1. The van der Waals surface area contributed by atoms with Gasteiger partial charge in [0.25, 0.3) is 0 Å². The van der Waals surface area contributed by atoms with Gasteiger partial charge in [0.1, 0.15) is 11.9 Å². The van der Waals surface area contributed by atoms with Gasteiger partial charge in [0.15, 0.2) is 5.82 Å². The van der Waals surface area contributed by atoms with E-state index in [1.807, 2.05) is 0 Å². The van der Waals surface area contributed by atoms with Crippen LogP contribution in [0.3, 0.4) is 0 Å². The number of rotatable bonds is 12. The van der Waals surface area contributed by atoms with Crippen molar-refractivity contribution in [3.8, 4) is 11.1 Å². The Labute approximate surface area is 255 Å². The number of halogens is 1. The Bertz CT molecular complexity index is 1760. The van der Waals surface area contributed by atoms with Crippen LogP contribution in [0.15, 0.2) is 60.7 Å². The molecule has 0 radical (unpaired) electrons. The lowest BCUT2D eigenvalue weighted by Crippen LogP contribution is -2.49. The van der Waals surface area contributed by atoms with Crippen molar-refractivity contribution in [2.45, 2.75) is 38.3 Å². The first kappa shape index (κ1) is 32.1. The van der Waals surface area contributed by atoms with Crippen molar-refractivity contribution in [1.29, 1.82) is 0 Å². The fourth-order valence-electron chi connectivity index (χ4n) is 4.44. The molecule has 0 aliphatic rings. The molecule has 15 heteroatoms. The molecular formula is C30H30FN7O7. The van der Waals surface area contributed by atoms with E-state index >= 15 is 0 Å². The van der Waals surface area contributed by atoms with Gasteiger partial charge in [-0.25, -0.2) is 14.0 Å². The SMILES string of the molecule is Cc1ccc(F)c(NC(=O)Nc2ccc(-c3cccc4[nH]nc(NC(=O)C[C@H](N)C(=O)N[C@@H](CCC(=O)O)C(=O)O)c34)cc2)c1. The molecule has 0 spiro atoms. The number of aromatic amines is 1. The molecule has 4 rings (SSSR count). The van der Waals surface area contributed by atoms with Gasteiger partial charge in [0.2, 0.25) is 11.8 Å². The number of fused-ring (bicyclic) bond motifs is 1. The smallest absolute Gasteiger partial charge is 0.326 e. The second-order valence-electron chi connectivity index (χ2n) is 10.1. The van der Waals surface area contributed by atoms with Gasteiger partial charge in [-0.3, -0.25) is 19.5 Å². The fourth-order valence-corrected chi connectivity index (χ4v) is 4.44. The van der Waals surface area contributed by atoms with Gasteiger partial charge in [-0.15, -0.1) is 0 Å². The minimum Gasteiger partial charge on any atom is -0.481 e. The van der Waals surface area contributed by atoms with Crippen molar-refractivity contribution < 1.29 is 38.6 Å². The molecule has 0 unspecified atom stereocenters. The van der Waals surface area contributed by atoms with Gasteiger partial charge < -0.3 is 37.2 Å². The number of carbonyl (C=O) groups excluding carboxylic acids is 3. The Morgan fingerprint density at radius 3 is 2.40 bits per heavy atom. The van der Waals surface area contributed by atoms with E-state index in [1.54, 1.807) is 55.5 Å². The van der Waals surface area contributed by atoms with Crippen molar-refractivity contribution in [2.75, 3.05) is 16.0 Å². The summed E-state index contributed by atoms with van der Waals surface area (Å²) >= 11 is 0. The number of aliphatic carboxylic acids is 2. The largest absolute Gasteiger partial charge is 0.481 e. The summed E-state index contributed by atoms with van der Waals surface area (Å²) in [6.45, 7) is 1.78. The number of carboxylic acid groups (broad SMARTS) is 2. The van der Waals surface area contributed by atoms with Gasteiger partial charge >= 0.3 is 18.0 Å². The number of urea groups is 1. The van der Waals surface area contributed by atoms with Crippen LogP contribution < -0.4 is 27.0 Å². The predicted octanol–water partition coefficient (Wildman–Crippen LogP) is 3.41. The van der Waals surface area contributed by atoms with Gasteiger partial charge in [-0.1, -0.05) is 30.3 Å². The first-order valence-electron chi connectivity index (χ1n) is 13.6. The quantitative estimate of drug-likeness (QED) is 0.116. The molecule has 0 fully saturated rings. The zero-order valence-electron chi connectivity index (χ0n) is 23.9. The standard InChI is InChI=1S/C30H30FN7O7/c1-15-5-10-19(31)23(13-15)35-30(45)33-17-8-6-16(7-9-17)18-3-2-4-21-26(18)27(38-37-21)36-24(39)14-20(32)28(42)34-22(29(43)44)11-12-25(40)41/h2-10,13,20,22H,11-12,14,32H2,1H3,(H,34,42)(H,40,41)(H,43,44)(H2,33,35,45)(H2,36,37,38,39)/t20-,22-/m0/s1. The van der Waals surface area contributed by atoms with E-state index < -0.39 is 60.5 Å². The highest BCUT2D eigenvalue weighted by molar-refractivity contribution is 6.07. The summed E-state index contributed by atoms with van der Waals surface area (Å²) in [6.07, 6.45) is -1.34. The second-order valence-corrected chi connectivity index (χ2v) is 10.1. The molecule has 3 aromatic carbocycles. The number of carbonyl (C=O) groups is 5. The number of anilines is 3. The molecule has 14 nitrogen and oxygen atoms in total. The molecule has 234 valence electrons. The lowest BCUT2D eigenvalue weighted by Gasteiger charge is -2.17. The topological polar surface area (TPSA) is 229 Å². The Morgan fingerprint density at radius 1 is 0.978 bits per heavy atom. The third kappa shape index (κ3) is 8.39. The summed E-state index contributed by atoms with van der Waals surface area (Å²) in [6, 6.07) is 12.9. The lowest BCUT2D eigenvalue weighted by molar-refractivity contribution is -0.143. The first-order chi connectivity index (χ1) is 21.4. The highest BCUT2D eigenvalue weighted by Gasteiger charge is 2.26. The second kappa shape index (κ2) is 14.1. The van der Waals surface area contributed by atoms with Crippen LogP contribution in [0.1, 0.15) is 24.8 Å². The molecule has 0 saturated carbocycles. The minimum atomic E-state index is -1.48. The van der Waals surface area contributed by atoms with Crippen LogP contribution in [-0.2, 0) is 19.2 Å². The number of benzene rings is 3. The predicted molar refractivity (Wildman–Crippen MR) is 163 cm³/mol. The number of hydrogen-bond acceptors (Lipinski definition) is 7. The summed E-state index contributed by atoms with van der Waals surface area (Å²) in [4.78, 5) is 59.7. The zero-order valence-corrected chi connectivity index (χ0v) is 23.9. The van der Waals surface area contributed by atoms with Crippen molar-refractivity contribution in [3.05, 3.63) is 72.0 Å². The number of hydrogen-bond donors (Lipinski definition) is 8. The van der Waals surface area contributed by atoms with Gasteiger partial charge in [0.05, 0.1) is 29.1 Å². The van der Waals surface area contributed by atoms with Crippen molar-refractivity contribution >= 4 is 57.9 Å². The van der Waals surface area contributed by atoms with Crippen molar-refractivity contribution in [2.24, 2.45) is 5.73 Å². The Hall–Kier alpha value is -5.83. The summed E-state index contributed by atoms with van der Waals surface area (Å²) in [5.74, 6) is -4.66. The molecule has 0 aliphatic heterocycles. The molecule has 45 heavy (non-hydrogen) atoms. The van der Waals surface area contributed by atoms with Crippen LogP contribution in [0.4, 0.5) is 26.4 Å². The lowest BCUT2D eigenvalue weighted by atomic mass is 10.0. The van der Waals surface area contributed by atoms with E-state index in [9.17, 15) is 33.5 Å². The third-order valence-electron chi connectivity index (χ3n) is 6.67. The molecule has 4 aromatic rings. The Balaban J connectivity index is 1.42. The average molecular weight is 620 g/mol. The molecule has 4 amide bonds. The molecule has 2 atom stereocenters. The van der Waals surface area contributed by atoms with Crippen LogP contribution in [-0.4, -0.2) is 62.3 Å². The van der Waals surface area contributed by atoms with Gasteiger partial charge in [-0.05, 0) is 60.4 Å². The van der Waals surface area contributed by atoms with E-state index in [0.29, 0.717) is 27.7 Å². The molecule has 0 aliphatic carbocycles. The van der Waals surface area contributed by atoms with E-state index in [2.05, 4.69) is 31.5 Å². The summed E-state index contributed by atoms with van der Waals surface area (Å²) < 4.78 is 14.0. The number of aromatic nitrogens is 2. The van der Waals surface area contributed by atoms with E-state index in [0.717, 1.165) is 5.56 Å². The van der Waals surface area contributed by atoms with E-state index in [-0.39, 0.29) is 17.9 Å². The van der Waals surface area contributed by atoms with E-state index in [1.165, 1.54) is 12.1 Å². The van der Waals surface area contributed by atoms with Crippen LogP contribution in [0.5, 0.6) is 0 Å². The van der Waals surface area contributed by atoms with Crippen LogP contribution in [0.2, 0.25) is 0 Å². The molecule has 0 bridgehead atoms. The normalized spacial score (nSPS) is 12.2. The first-order valence-corrected chi connectivity index (χ1v) is 13.6. The molecule has 9 N–H and O–H groups in total. The maximum Gasteiger partial charge on any atom is 0.326 e. The maximum absolute atomic E-state index is 14.0. The number of nitrogens with zero attached hydrogens (tertiary/aromatic N) is 1. The van der Waals surface area contributed by atoms with Gasteiger partial charge in [0, 0.05) is 12.1 Å². The summed E-state index contributed by atoms with van der Waals surface area (Å²) in [5, 5.41) is 35.5. The highest BCUT2D eigenvalue weighted by Crippen LogP contribution is 2.33. The van der Waals surface area contributed by atoms with Crippen LogP contribution >= 0.6 is 0 Å². The van der Waals surface area contributed by atoms with Crippen molar-refractivity contribution in [3.63, 3.8) is 0 Å². The number of H-pyrrole nitrogens is 1. The minimum absolute atomic E-state index is 0.0483. The van der Waals surface area contributed by atoms with Gasteiger partial charge in [-0.2, -0.15) is 5.10 Å². The summed E-state index contributed by atoms with van der Waals surface area (Å²) in [7, 11) is 0. The average Bonchev–Trinajstić information content (AvgIpc) is 3.39. The maximum atomic E-state index is 14.0. The highest BCUT2D eigenvalue weighted by atomic mass is 19.1. The molecule has 1 heterocycles. The molecule has 1 aromatic heterocycles. The van der Waals surface area contributed by atoms with E-state index in [4.69, 9.17) is 10.8 Å². The number of amides is 4. The zero-order chi connectivity index (χ0) is 32.7. The number of carboxylic acids is 2. The Morgan fingerprint density at radius 2 is 1.71 bits per heavy atom. The number of nitrogens with two attached hydrogens (primary N) is 1. The van der Waals surface area contributed by atoms with Crippen LogP contribution in [0.25, 0.3) is 22.0 Å². The molecule has 0 saturated heterocycles. The summed E-state index contributed by atoms with van der Waals surface area (Å²) in [5.41, 5.74) is 9.09. The number of nitrogens with one attached hydrogen (secondary N) is 5. The van der Waals surface area contributed by atoms with Crippen LogP contribution in [0, 0.1) is 12.7 Å². The van der Waals surface area contributed by atoms with Crippen molar-refractivity contribution in [1.82, 2.24) is 15.5 Å². The fraction of sp³-hybridized carbons (Fsp3) is 0.200.